The Bertz CT molecular complexity index is 504. The average molecular weight is 299 g/mol. The van der Waals surface area contributed by atoms with Crippen LogP contribution in [0.1, 0.15) is 26.3 Å². The first-order valence-corrected chi connectivity index (χ1v) is 6.79. The number of ether oxygens (including phenoxy) is 2. The second-order valence-corrected chi connectivity index (χ2v) is 6.11. The number of rotatable bonds is 4. The maximum atomic E-state index is 13.2. The highest BCUT2D eigenvalue weighted by Crippen LogP contribution is 2.20. The van der Waals surface area contributed by atoms with Crippen LogP contribution in [0.5, 0.6) is 0 Å². The molecule has 2 unspecified atom stereocenters. The van der Waals surface area contributed by atoms with E-state index in [4.69, 9.17) is 9.47 Å². The highest BCUT2D eigenvalue weighted by atomic mass is 19.1. The Kier molecular flexibility index (Phi) is 4.46. The average Bonchev–Trinajstić information content (AvgIpc) is 3.06. The molecule has 6 heteroatoms. The molecule has 21 heavy (non-hydrogen) atoms. The minimum atomic E-state index is -0.641. The van der Waals surface area contributed by atoms with Crippen molar-refractivity contribution in [2.75, 3.05) is 6.61 Å². The number of alkyl carbamates (subject to hydrolysis) is 1. The van der Waals surface area contributed by atoms with Crippen molar-refractivity contribution in [1.29, 1.82) is 0 Å². The van der Waals surface area contributed by atoms with Crippen LogP contribution in [0.25, 0.3) is 0 Å². The standard InChI is InChI=1S/C15H19F2NO3/c1-15(2,3)21-14(19)18-12(13-8-20-13)6-9-4-10(16)7-11(17)5-9/h4-5,7,12-13H,6,8H2,1-3H3,(H,18,19). The topological polar surface area (TPSA) is 50.9 Å². The third kappa shape index (κ3) is 5.30. The van der Waals surface area contributed by atoms with Gasteiger partial charge in [0.25, 0.3) is 0 Å². The highest BCUT2D eigenvalue weighted by molar-refractivity contribution is 5.68. The predicted octanol–water partition coefficient (Wildman–Crippen LogP) is 2.80. The lowest BCUT2D eigenvalue weighted by Crippen LogP contribution is -2.43. The fourth-order valence-corrected chi connectivity index (χ4v) is 2.00. The van der Waals surface area contributed by atoms with E-state index < -0.39 is 23.3 Å². The molecule has 4 nitrogen and oxygen atoms in total. The normalized spacial score (nSPS) is 19.0. The van der Waals surface area contributed by atoms with Gasteiger partial charge in [0.05, 0.1) is 12.6 Å². The number of nitrogens with one attached hydrogen (secondary N) is 1. The fraction of sp³-hybridized carbons (Fsp3) is 0.533. The summed E-state index contributed by atoms with van der Waals surface area (Å²) in [6.07, 6.45) is -0.442. The SMILES string of the molecule is CC(C)(C)OC(=O)NC(Cc1cc(F)cc(F)c1)C1CO1. The van der Waals surface area contributed by atoms with E-state index in [9.17, 15) is 13.6 Å². The third-order valence-electron chi connectivity index (χ3n) is 2.89. The molecule has 0 radical (unpaired) electrons. The summed E-state index contributed by atoms with van der Waals surface area (Å²) in [7, 11) is 0. The van der Waals surface area contributed by atoms with E-state index in [0.717, 1.165) is 6.07 Å². The van der Waals surface area contributed by atoms with E-state index >= 15 is 0 Å². The molecule has 2 rings (SSSR count). The van der Waals surface area contributed by atoms with Gasteiger partial charge in [0.2, 0.25) is 0 Å². The molecule has 1 saturated heterocycles. The lowest BCUT2D eigenvalue weighted by Gasteiger charge is -2.23. The Morgan fingerprint density at radius 2 is 1.95 bits per heavy atom. The van der Waals surface area contributed by atoms with Crippen molar-refractivity contribution >= 4 is 6.09 Å². The van der Waals surface area contributed by atoms with Crippen LogP contribution in [0.15, 0.2) is 18.2 Å². The zero-order valence-electron chi connectivity index (χ0n) is 12.3. The lowest BCUT2D eigenvalue weighted by molar-refractivity contribution is 0.0495. The second kappa shape index (κ2) is 5.97. The number of amides is 1. The molecule has 0 saturated carbocycles. The summed E-state index contributed by atoms with van der Waals surface area (Å²) in [5, 5.41) is 2.69. The third-order valence-corrected chi connectivity index (χ3v) is 2.89. The Labute approximate surface area is 122 Å². The monoisotopic (exact) mass is 299 g/mol. The first-order chi connectivity index (χ1) is 9.73. The van der Waals surface area contributed by atoms with E-state index in [0.29, 0.717) is 12.2 Å². The minimum Gasteiger partial charge on any atom is -0.444 e. The molecule has 0 aliphatic carbocycles. The van der Waals surface area contributed by atoms with Crippen molar-refractivity contribution in [1.82, 2.24) is 5.32 Å². The van der Waals surface area contributed by atoms with Gasteiger partial charge in [-0.25, -0.2) is 13.6 Å². The molecular formula is C15H19F2NO3. The highest BCUT2D eigenvalue weighted by Gasteiger charge is 2.35. The summed E-state index contributed by atoms with van der Waals surface area (Å²) in [6, 6.07) is 2.93. The molecule has 116 valence electrons. The summed E-state index contributed by atoms with van der Waals surface area (Å²) in [4.78, 5) is 11.8. The van der Waals surface area contributed by atoms with Gasteiger partial charge in [0, 0.05) is 6.07 Å². The van der Waals surface area contributed by atoms with Gasteiger partial charge in [-0.1, -0.05) is 0 Å². The molecule has 0 aromatic heterocycles. The Balaban J connectivity index is 2.01. The van der Waals surface area contributed by atoms with Gasteiger partial charge < -0.3 is 14.8 Å². The van der Waals surface area contributed by atoms with E-state index in [1.807, 2.05) is 0 Å². The Morgan fingerprint density at radius 1 is 1.38 bits per heavy atom. The molecule has 1 aromatic carbocycles. The number of benzene rings is 1. The summed E-state index contributed by atoms with van der Waals surface area (Å²) in [5.41, 5.74) is -0.145. The first kappa shape index (κ1) is 15.7. The van der Waals surface area contributed by atoms with Crippen molar-refractivity contribution < 1.29 is 23.0 Å². The number of hydrogen-bond acceptors (Lipinski definition) is 3. The molecule has 1 fully saturated rings. The largest absolute Gasteiger partial charge is 0.444 e. The summed E-state index contributed by atoms with van der Waals surface area (Å²) in [6.45, 7) is 5.80. The van der Waals surface area contributed by atoms with Crippen molar-refractivity contribution in [3.63, 3.8) is 0 Å². The van der Waals surface area contributed by atoms with E-state index in [-0.39, 0.29) is 18.6 Å². The summed E-state index contributed by atoms with van der Waals surface area (Å²) in [5.74, 6) is -1.28. The maximum Gasteiger partial charge on any atom is 0.407 e. The first-order valence-electron chi connectivity index (χ1n) is 6.79. The number of hydrogen-bond donors (Lipinski definition) is 1. The molecule has 1 aliphatic rings. The van der Waals surface area contributed by atoms with E-state index in [1.165, 1.54) is 12.1 Å². The zero-order chi connectivity index (χ0) is 15.6. The summed E-state index contributed by atoms with van der Waals surface area (Å²) >= 11 is 0. The van der Waals surface area contributed by atoms with Gasteiger partial charge in [0.15, 0.2) is 0 Å². The molecule has 1 aromatic rings. The number of carbonyl (C=O) groups is 1. The minimum absolute atomic E-state index is 0.149. The molecular weight excluding hydrogens is 280 g/mol. The van der Waals surface area contributed by atoms with Gasteiger partial charge in [-0.2, -0.15) is 0 Å². The molecule has 0 bridgehead atoms. The molecule has 1 amide bonds. The van der Waals surface area contributed by atoms with Crippen molar-refractivity contribution in [2.45, 2.75) is 44.9 Å². The number of halogens is 2. The van der Waals surface area contributed by atoms with Gasteiger partial charge in [-0.3, -0.25) is 0 Å². The van der Waals surface area contributed by atoms with Crippen molar-refractivity contribution in [3.8, 4) is 0 Å². The number of epoxide rings is 1. The van der Waals surface area contributed by atoms with Gasteiger partial charge in [0.1, 0.15) is 23.3 Å². The predicted molar refractivity (Wildman–Crippen MR) is 73.0 cm³/mol. The van der Waals surface area contributed by atoms with Crippen LogP contribution >= 0.6 is 0 Å². The van der Waals surface area contributed by atoms with Crippen molar-refractivity contribution in [3.05, 3.63) is 35.4 Å². The molecule has 0 spiro atoms. The number of carbonyl (C=O) groups excluding carboxylic acids is 1. The van der Waals surface area contributed by atoms with Crippen LogP contribution in [0, 0.1) is 11.6 Å². The van der Waals surface area contributed by atoms with Crippen LogP contribution in [-0.2, 0) is 15.9 Å². The molecule has 1 aliphatic heterocycles. The quantitative estimate of drug-likeness (QED) is 0.870. The molecule has 1 heterocycles. The van der Waals surface area contributed by atoms with Crippen LogP contribution in [0.2, 0.25) is 0 Å². The van der Waals surface area contributed by atoms with E-state index in [2.05, 4.69) is 5.32 Å². The fourth-order valence-electron chi connectivity index (χ4n) is 2.00. The van der Waals surface area contributed by atoms with Crippen LogP contribution < -0.4 is 5.32 Å². The van der Waals surface area contributed by atoms with Crippen LogP contribution in [-0.4, -0.2) is 30.4 Å². The lowest BCUT2D eigenvalue weighted by atomic mass is 10.0. The molecule has 2 atom stereocenters. The second-order valence-electron chi connectivity index (χ2n) is 6.11. The van der Waals surface area contributed by atoms with E-state index in [1.54, 1.807) is 20.8 Å². The Morgan fingerprint density at radius 3 is 2.43 bits per heavy atom. The summed E-state index contributed by atoms with van der Waals surface area (Å²) < 4.78 is 36.7. The molecule has 1 N–H and O–H groups in total. The smallest absolute Gasteiger partial charge is 0.407 e. The maximum absolute atomic E-state index is 13.2. The Hall–Kier alpha value is -1.69. The van der Waals surface area contributed by atoms with Gasteiger partial charge >= 0.3 is 6.09 Å². The van der Waals surface area contributed by atoms with Crippen LogP contribution in [0.4, 0.5) is 13.6 Å². The van der Waals surface area contributed by atoms with Crippen LogP contribution in [0.3, 0.4) is 0 Å². The van der Waals surface area contributed by atoms with Gasteiger partial charge in [-0.15, -0.1) is 0 Å². The van der Waals surface area contributed by atoms with Gasteiger partial charge in [-0.05, 0) is 44.9 Å². The van der Waals surface area contributed by atoms with Crippen molar-refractivity contribution in [2.24, 2.45) is 0 Å². The zero-order valence-corrected chi connectivity index (χ0v) is 12.3.